The van der Waals surface area contributed by atoms with E-state index in [1.807, 2.05) is 30.3 Å². The van der Waals surface area contributed by atoms with Crippen LogP contribution >= 0.6 is 7.60 Å². The zero-order chi connectivity index (χ0) is 29.9. The van der Waals surface area contributed by atoms with Crippen LogP contribution in [0.1, 0.15) is 36.2 Å². The third kappa shape index (κ3) is 5.92. The molecule has 0 unspecified atom stereocenters. The van der Waals surface area contributed by atoms with Crippen LogP contribution < -0.4 is 11.2 Å². The molecule has 0 spiro atoms. The molecule has 1 fully saturated rings. The van der Waals surface area contributed by atoms with E-state index in [0.29, 0.717) is 10.1 Å². The van der Waals surface area contributed by atoms with Crippen molar-refractivity contribution in [3.8, 4) is 0 Å². The first-order valence-electron chi connectivity index (χ1n) is 13.7. The van der Waals surface area contributed by atoms with Crippen molar-refractivity contribution in [1.82, 2.24) is 14.2 Å². The lowest BCUT2D eigenvalue weighted by molar-refractivity contribution is -0.164. The van der Waals surface area contributed by atoms with Crippen molar-refractivity contribution in [1.29, 1.82) is 0 Å². The molecule has 10 nitrogen and oxygen atoms in total. The average Bonchev–Trinajstić information content (AvgIpc) is 3.39. The third-order valence-electron chi connectivity index (χ3n) is 6.99. The van der Waals surface area contributed by atoms with Gasteiger partial charge in [0.05, 0.1) is 43.3 Å². The van der Waals surface area contributed by atoms with E-state index in [-0.39, 0.29) is 43.7 Å². The molecule has 220 valence electrons. The quantitative estimate of drug-likeness (QED) is 0.241. The summed E-state index contributed by atoms with van der Waals surface area (Å²) in [7, 11) is -3.67. The topological polar surface area (TPSA) is 109 Å². The number of rotatable bonds is 10. The van der Waals surface area contributed by atoms with Crippen LogP contribution in [0.15, 0.2) is 88.5 Å². The van der Waals surface area contributed by atoms with E-state index in [9.17, 15) is 23.3 Å². The number of para-hydroxylation sites is 1. The molecule has 12 heteroatoms. The first-order chi connectivity index (χ1) is 20.3. The van der Waals surface area contributed by atoms with Gasteiger partial charge in [-0.3, -0.25) is 23.6 Å². The summed E-state index contributed by atoms with van der Waals surface area (Å²) in [5.74, 6) is -2.20. The predicted octanol–water partition coefficient (Wildman–Crippen LogP) is 4.79. The number of carbonyl (C=O) groups excluding carboxylic acids is 1. The number of aromatic nitrogens is 2. The SMILES string of the molecule is CCOP(=O)(OCC)[C@@H]1C[C@@H](Cn2c(=O)n(C(=O)c3ccc(F)cc3)c(=O)c3ccccc32)ON1Cc1ccccc1. The maximum Gasteiger partial charge on any atom is 0.350 e. The normalized spacial score (nSPS) is 17.6. The largest absolute Gasteiger partial charge is 0.350 e. The van der Waals surface area contributed by atoms with Gasteiger partial charge in [0.1, 0.15) is 11.6 Å². The summed E-state index contributed by atoms with van der Waals surface area (Å²) in [5, 5.41) is 1.72. The lowest BCUT2D eigenvalue weighted by Gasteiger charge is -2.28. The molecule has 2 heterocycles. The molecule has 4 aromatic rings. The number of halogens is 1. The van der Waals surface area contributed by atoms with Crippen LogP contribution in [0.2, 0.25) is 0 Å². The predicted molar refractivity (Wildman–Crippen MR) is 155 cm³/mol. The highest BCUT2D eigenvalue weighted by molar-refractivity contribution is 7.54. The van der Waals surface area contributed by atoms with Crippen molar-refractivity contribution in [2.75, 3.05) is 13.2 Å². The molecular weight excluding hydrogens is 564 g/mol. The highest BCUT2D eigenvalue weighted by atomic mass is 31.2. The molecule has 0 saturated carbocycles. The van der Waals surface area contributed by atoms with Gasteiger partial charge in [-0.25, -0.2) is 9.18 Å². The van der Waals surface area contributed by atoms with Gasteiger partial charge in [0.2, 0.25) is 0 Å². The van der Waals surface area contributed by atoms with E-state index >= 15 is 0 Å². The van der Waals surface area contributed by atoms with Crippen LogP contribution in [0.25, 0.3) is 10.9 Å². The summed E-state index contributed by atoms with van der Waals surface area (Å²) in [6.45, 7) is 4.01. The fourth-order valence-corrected chi connectivity index (χ4v) is 7.21. The number of nitrogens with zero attached hydrogens (tertiary/aromatic N) is 3. The lowest BCUT2D eigenvalue weighted by Crippen LogP contribution is -2.45. The van der Waals surface area contributed by atoms with Crippen LogP contribution in [-0.2, 0) is 31.5 Å². The van der Waals surface area contributed by atoms with Crippen molar-refractivity contribution in [2.24, 2.45) is 0 Å². The van der Waals surface area contributed by atoms with E-state index in [4.69, 9.17) is 13.9 Å². The Kier molecular flexibility index (Phi) is 8.96. The number of hydrogen-bond donors (Lipinski definition) is 0. The molecule has 1 aliphatic heterocycles. The molecule has 0 N–H and O–H groups in total. The number of carbonyl (C=O) groups is 1. The highest BCUT2D eigenvalue weighted by Gasteiger charge is 2.47. The molecule has 2 atom stereocenters. The molecule has 1 aromatic heterocycles. The summed E-state index contributed by atoms with van der Waals surface area (Å²) in [4.78, 5) is 46.7. The second kappa shape index (κ2) is 12.6. The van der Waals surface area contributed by atoms with E-state index in [1.165, 1.54) is 22.8 Å². The summed E-state index contributed by atoms with van der Waals surface area (Å²) < 4.78 is 40.6. The van der Waals surface area contributed by atoms with E-state index in [0.717, 1.165) is 17.7 Å². The third-order valence-corrected chi connectivity index (χ3v) is 9.42. The molecule has 1 aliphatic rings. The standard InChI is InChI=1S/C30H31FN3O7P/c1-3-39-42(38,40-4-2)27-18-24(41-33(27)19-21-10-6-5-7-11-21)20-32-26-13-9-8-12-25(26)29(36)34(30(32)37)28(35)22-14-16-23(31)17-15-22/h5-17,24,27H,3-4,18-20H2,1-2H3/t24-,27+/m0/s1. The Hall–Kier alpha value is -3.73. The van der Waals surface area contributed by atoms with Crippen LogP contribution in [0.3, 0.4) is 0 Å². The number of hydrogen-bond acceptors (Lipinski definition) is 8. The zero-order valence-corrected chi connectivity index (χ0v) is 24.1. The van der Waals surface area contributed by atoms with E-state index < -0.39 is 42.5 Å². The molecule has 0 aliphatic carbocycles. The Morgan fingerprint density at radius 3 is 2.26 bits per heavy atom. The van der Waals surface area contributed by atoms with Gasteiger partial charge in [-0.2, -0.15) is 9.63 Å². The van der Waals surface area contributed by atoms with Crippen LogP contribution in [0.5, 0.6) is 0 Å². The van der Waals surface area contributed by atoms with Gasteiger partial charge in [-0.15, -0.1) is 0 Å². The highest BCUT2D eigenvalue weighted by Crippen LogP contribution is 2.58. The second-order valence-corrected chi connectivity index (χ2v) is 11.9. The molecule has 0 radical (unpaired) electrons. The molecule has 42 heavy (non-hydrogen) atoms. The maximum absolute atomic E-state index is 13.9. The molecular formula is C30H31FN3O7P. The van der Waals surface area contributed by atoms with Crippen LogP contribution in [-0.4, -0.2) is 45.2 Å². The molecule has 5 rings (SSSR count). The van der Waals surface area contributed by atoms with Crippen molar-refractivity contribution < 1.29 is 27.6 Å². The van der Waals surface area contributed by atoms with Gasteiger partial charge in [0.25, 0.3) is 11.5 Å². The second-order valence-electron chi connectivity index (χ2n) is 9.74. The summed E-state index contributed by atoms with van der Waals surface area (Å²) in [6.07, 6.45) is -0.489. The Morgan fingerprint density at radius 2 is 1.60 bits per heavy atom. The van der Waals surface area contributed by atoms with Gasteiger partial charge < -0.3 is 9.05 Å². The monoisotopic (exact) mass is 595 g/mol. The average molecular weight is 596 g/mol. The molecule has 0 bridgehead atoms. The van der Waals surface area contributed by atoms with Crippen molar-refractivity contribution in [3.63, 3.8) is 0 Å². The van der Waals surface area contributed by atoms with Gasteiger partial charge in [0.15, 0.2) is 0 Å². The minimum atomic E-state index is -3.67. The smallest absolute Gasteiger partial charge is 0.308 e. The van der Waals surface area contributed by atoms with Crippen LogP contribution in [0.4, 0.5) is 4.39 Å². The lowest BCUT2D eigenvalue weighted by atomic mass is 10.2. The van der Waals surface area contributed by atoms with Crippen molar-refractivity contribution in [2.45, 2.75) is 45.2 Å². The zero-order valence-electron chi connectivity index (χ0n) is 23.2. The summed E-state index contributed by atoms with van der Waals surface area (Å²) in [6, 6.07) is 20.5. The van der Waals surface area contributed by atoms with E-state index in [2.05, 4.69) is 0 Å². The van der Waals surface area contributed by atoms with Gasteiger partial charge in [0, 0.05) is 12.0 Å². The summed E-state index contributed by atoms with van der Waals surface area (Å²) in [5.41, 5.74) is -0.446. The number of hydroxylamine groups is 2. The van der Waals surface area contributed by atoms with Gasteiger partial charge >= 0.3 is 13.3 Å². The molecule has 3 aromatic carbocycles. The number of fused-ring (bicyclic) bond motifs is 1. The Bertz CT molecular complexity index is 1730. The Labute approximate surface area is 241 Å². The van der Waals surface area contributed by atoms with Gasteiger partial charge in [-0.05, 0) is 55.8 Å². The maximum atomic E-state index is 13.9. The van der Waals surface area contributed by atoms with E-state index in [1.54, 1.807) is 37.1 Å². The van der Waals surface area contributed by atoms with Gasteiger partial charge in [-0.1, -0.05) is 42.5 Å². The Balaban J connectivity index is 1.55. The fourth-order valence-electron chi connectivity index (χ4n) is 5.13. The molecule has 0 amide bonds. The number of benzene rings is 3. The first kappa shape index (κ1) is 29.8. The van der Waals surface area contributed by atoms with Crippen molar-refractivity contribution >= 4 is 24.4 Å². The minimum absolute atomic E-state index is 0.0157. The first-order valence-corrected chi connectivity index (χ1v) is 15.3. The minimum Gasteiger partial charge on any atom is -0.308 e. The summed E-state index contributed by atoms with van der Waals surface area (Å²) >= 11 is 0. The van der Waals surface area contributed by atoms with Crippen molar-refractivity contribution in [3.05, 3.63) is 117 Å². The van der Waals surface area contributed by atoms with Crippen LogP contribution in [0, 0.1) is 5.82 Å². The molecule has 1 saturated heterocycles. The Morgan fingerprint density at radius 1 is 0.952 bits per heavy atom. The fraction of sp³-hybridized carbons (Fsp3) is 0.300.